The highest BCUT2D eigenvalue weighted by Gasteiger charge is 2.18. The molecule has 0 saturated carbocycles. The van der Waals surface area contributed by atoms with Crippen LogP contribution in [0.3, 0.4) is 0 Å². The predicted molar refractivity (Wildman–Crippen MR) is 100 cm³/mol. The van der Waals surface area contributed by atoms with E-state index in [1.165, 1.54) is 21.8 Å². The van der Waals surface area contributed by atoms with Gasteiger partial charge in [-0.05, 0) is 32.0 Å². The van der Waals surface area contributed by atoms with Crippen molar-refractivity contribution < 1.29 is 13.9 Å². The smallest absolute Gasteiger partial charge is 0.340 e. The highest BCUT2D eigenvalue weighted by Crippen LogP contribution is 2.19. The number of fused-ring (bicyclic) bond motifs is 1. The normalized spacial score (nSPS) is 11.2. The molecule has 4 aromatic rings. The minimum Gasteiger partial charge on any atom is -0.467 e. The van der Waals surface area contributed by atoms with Gasteiger partial charge in [0.25, 0.3) is 5.56 Å². The van der Waals surface area contributed by atoms with Crippen LogP contribution in [0.2, 0.25) is 0 Å². The summed E-state index contributed by atoms with van der Waals surface area (Å²) in [6.45, 7) is 4.30. The second-order valence-corrected chi connectivity index (χ2v) is 7.04. The molecule has 4 rings (SSSR count). The minimum atomic E-state index is -0.443. The average Bonchev–Trinajstić information content (AvgIpc) is 3.37. The van der Waals surface area contributed by atoms with Gasteiger partial charge in [-0.25, -0.2) is 9.78 Å². The van der Waals surface area contributed by atoms with Crippen LogP contribution in [0.4, 0.5) is 0 Å². The van der Waals surface area contributed by atoms with Gasteiger partial charge >= 0.3 is 5.97 Å². The second kappa shape index (κ2) is 6.88. The van der Waals surface area contributed by atoms with E-state index in [1.54, 1.807) is 23.9 Å². The Morgan fingerprint density at radius 3 is 2.96 bits per heavy atom. The van der Waals surface area contributed by atoms with E-state index in [-0.39, 0.29) is 12.2 Å². The average molecular weight is 383 g/mol. The Morgan fingerprint density at radius 1 is 1.33 bits per heavy atom. The van der Waals surface area contributed by atoms with Crippen LogP contribution in [0.1, 0.15) is 33.2 Å². The molecule has 0 radical (unpaired) electrons. The summed E-state index contributed by atoms with van der Waals surface area (Å²) in [6.07, 6.45) is 3.29. The molecule has 4 heterocycles. The molecule has 0 aliphatic heterocycles. The van der Waals surface area contributed by atoms with Crippen molar-refractivity contribution in [2.75, 3.05) is 0 Å². The van der Waals surface area contributed by atoms with Gasteiger partial charge in [-0.3, -0.25) is 9.20 Å². The zero-order valence-electron chi connectivity index (χ0n) is 14.8. The van der Waals surface area contributed by atoms with E-state index in [1.807, 2.05) is 30.5 Å². The fourth-order valence-electron chi connectivity index (χ4n) is 2.99. The van der Waals surface area contributed by atoms with Crippen LogP contribution in [-0.4, -0.2) is 19.9 Å². The lowest BCUT2D eigenvalue weighted by Crippen LogP contribution is -2.15. The van der Waals surface area contributed by atoms with Crippen molar-refractivity contribution in [3.63, 3.8) is 0 Å². The molecule has 0 atom stereocenters. The van der Waals surface area contributed by atoms with Crippen molar-refractivity contribution in [2.45, 2.75) is 27.0 Å². The van der Waals surface area contributed by atoms with Crippen molar-refractivity contribution in [1.29, 1.82) is 0 Å². The summed E-state index contributed by atoms with van der Waals surface area (Å²) >= 11 is 1.35. The summed E-state index contributed by atoms with van der Waals surface area (Å²) in [5, 5.41) is 1.79. The second-order valence-electron chi connectivity index (χ2n) is 6.17. The number of rotatable bonds is 5. The summed E-state index contributed by atoms with van der Waals surface area (Å²) in [7, 11) is 0. The number of carbonyl (C=O) groups excluding carboxylic acids is 1. The van der Waals surface area contributed by atoms with E-state index in [4.69, 9.17) is 9.15 Å². The van der Waals surface area contributed by atoms with Crippen LogP contribution < -0.4 is 5.56 Å². The summed E-state index contributed by atoms with van der Waals surface area (Å²) in [4.78, 5) is 29.5. The minimum absolute atomic E-state index is 0.0513. The largest absolute Gasteiger partial charge is 0.467 e. The Kier molecular flexibility index (Phi) is 4.41. The van der Waals surface area contributed by atoms with E-state index in [0.717, 1.165) is 17.1 Å². The quantitative estimate of drug-likeness (QED) is 0.495. The van der Waals surface area contributed by atoms with Gasteiger partial charge in [0.15, 0.2) is 4.96 Å². The fraction of sp³-hybridized carbons (Fsp3) is 0.211. The number of carbonyl (C=O) groups is 1. The maximum Gasteiger partial charge on any atom is 0.340 e. The first-order chi connectivity index (χ1) is 13.0. The highest BCUT2D eigenvalue weighted by atomic mass is 32.1. The Bertz CT molecular complexity index is 1170. The topological polar surface area (TPSA) is 78.7 Å². The number of furan rings is 1. The molecule has 27 heavy (non-hydrogen) atoms. The van der Waals surface area contributed by atoms with Crippen LogP contribution in [0.15, 0.2) is 51.3 Å². The van der Waals surface area contributed by atoms with Gasteiger partial charge in [0, 0.05) is 29.0 Å². The maximum atomic E-state index is 12.5. The monoisotopic (exact) mass is 383 g/mol. The maximum absolute atomic E-state index is 12.5. The third-order valence-electron chi connectivity index (χ3n) is 4.39. The number of aromatic nitrogens is 3. The van der Waals surface area contributed by atoms with Crippen molar-refractivity contribution in [1.82, 2.24) is 14.0 Å². The lowest BCUT2D eigenvalue weighted by molar-refractivity contribution is 0.0466. The summed E-state index contributed by atoms with van der Waals surface area (Å²) < 4.78 is 14.2. The van der Waals surface area contributed by atoms with Gasteiger partial charge in [0.2, 0.25) is 0 Å². The predicted octanol–water partition coefficient (Wildman–Crippen LogP) is 3.17. The number of esters is 1. The van der Waals surface area contributed by atoms with Crippen molar-refractivity contribution in [3.8, 4) is 0 Å². The molecule has 0 unspecified atom stereocenters. The third kappa shape index (κ3) is 3.31. The van der Waals surface area contributed by atoms with Crippen molar-refractivity contribution in [2.24, 2.45) is 0 Å². The zero-order chi connectivity index (χ0) is 19.0. The Morgan fingerprint density at radius 2 is 2.19 bits per heavy atom. The Hall–Kier alpha value is -3.13. The number of hydrogen-bond donors (Lipinski definition) is 0. The van der Waals surface area contributed by atoms with Gasteiger partial charge in [-0.15, -0.1) is 11.3 Å². The van der Waals surface area contributed by atoms with Crippen LogP contribution in [-0.2, 0) is 17.9 Å². The molecule has 0 saturated heterocycles. The first-order valence-corrected chi connectivity index (χ1v) is 9.23. The SMILES string of the molecule is Cc1cc(C(=O)OCc2cc(=O)n3ccsc3n2)c(C)n1Cc1ccco1. The Labute approximate surface area is 158 Å². The molecule has 0 aromatic carbocycles. The molecule has 138 valence electrons. The van der Waals surface area contributed by atoms with Crippen molar-refractivity contribution in [3.05, 3.63) is 80.9 Å². The standard InChI is InChI=1S/C19H17N3O4S/c1-12-8-16(13(2)22(12)10-15-4-3-6-25-15)18(24)26-11-14-9-17(23)21-5-7-27-19(21)20-14/h3-9H,10-11H2,1-2H3. The van der Waals surface area contributed by atoms with Gasteiger partial charge in [-0.2, -0.15) is 0 Å². The van der Waals surface area contributed by atoms with E-state index in [2.05, 4.69) is 4.98 Å². The highest BCUT2D eigenvalue weighted by molar-refractivity contribution is 7.15. The first kappa shape index (κ1) is 17.3. The molecule has 0 aliphatic carbocycles. The molecule has 0 spiro atoms. The lowest BCUT2D eigenvalue weighted by atomic mass is 10.2. The van der Waals surface area contributed by atoms with Gasteiger partial charge < -0.3 is 13.7 Å². The number of hydrogen-bond acceptors (Lipinski definition) is 6. The molecule has 4 aromatic heterocycles. The molecule has 0 N–H and O–H groups in total. The molecule has 7 nitrogen and oxygen atoms in total. The summed E-state index contributed by atoms with van der Waals surface area (Å²) in [5.41, 5.74) is 2.47. The Balaban J connectivity index is 1.51. The number of thiazole rings is 1. The van der Waals surface area contributed by atoms with Crippen LogP contribution >= 0.6 is 11.3 Å². The summed E-state index contributed by atoms with van der Waals surface area (Å²) in [5.74, 6) is 0.368. The number of ether oxygens (including phenoxy) is 1. The number of aryl methyl sites for hydroxylation is 1. The van der Waals surface area contributed by atoms with E-state index in [9.17, 15) is 9.59 Å². The van der Waals surface area contributed by atoms with Gasteiger partial charge in [-0.1, -0.05) is 0 Å². The molecular formula is C19H17N3O4S. The fourth-order valence-corrected chi connectivity index (χ4v) is 3.73. The number of nitrogens with zero attached hydrogens (tertiary/aromatic N) is 3. The van der Waals surface area contributed by atoms with Gasteiger partial charge in [0.1, 0.15) is 12.4 Å². The molecule has 0 amide bonds. The first-order valence-electron chi connectivity index (χ1n) is 8.35. The third-order valence-corrected chi connectivity index (χ3v) is 5.15. The van der Waals surface area contributed by atoms with Crippen LogP contribution in [0.5, 0.6) is 0 Å². The van der Waals surface area contributed by atoms with Crippen molar-refractivity contribution >= 4 is 22.3 Å². The molecule has 0 aliphatic rings. The molecule has 0 fully saturated rings. The molecule has 0 bridgehead atoms. The van der Waals surface area contributed by atoms with E-state index < -0.39 is 5.97 Å². The van der Waals surface area contributed by atoms with E-state index >= 15 is 0 Å². The molecule has 8 heteroatoms. The van der Waals surface area contributed by atoms with Gasteiger partial charge in [0.05, 0.1) is 24.1 Å². The molecular weight excluding hydrogens is 366 g/mol. The zero-order valence-corrected chi connectivity index (χ0v) is 15.7. The van der Waals surface area contributed by atoms with Crippen LogP contribution in [0.25, 0.3) is 4.96 Å². The van der Waals surface area contributed by atoms with Crippen LogP contribution in [0, 0.1) is 13.8 Å². The summed E-state index contributed by atoms with van der Waals surface area (Å²) in [6, 6.07) is 6.90. The van der Waals surface area contributed by atoms with E-state index in [0.29, 0.717) is 22.8 Å². The lowest BCUT2D eigenvalue weighted by Gasteiger charge is -2.08.